The summed E-state index contributed by atoms with van der Waals surface area (Å²) in [6, 6.07) is 13.5. The summed E-state index contributed by atoms with van der Waals surface area (Å²) in [5.74, 6) is -0.472. The molecule has 0 saturated carbocycles. The first kappa shape index (κ1) is 19.3. The first-order valence-corrected chi connectivity index (χ1v) is 8.98. The number of hydrogen-bond donors (Lipinski definition) is 0. The Balaban J connectivity index is 1.62. The number of carbonyl (C=O) groups is 2. The Labute approximate surface area is 162 Å². The molecule has 0 bridgehead atoms. The minimum Gasteiger partial charge on any atom is -0.454 e. The van der Waals surface area contributed by atoms with Crippen LogP contribution in [0.5, 0.6) is 0 Å². The SMILES string of the molecule is CC(OC(=O)/C=C/c1ccc(N2CCCC2=O)cc1)c1ccccc1[N+](=O)[O-]. The normalized spacial score (nSPS) is 15.0. The van der Waals surface area contributed by atoms with Gasteiger partial charge in [-0.3, -0.25) is 14.9 Å². The van der Waals surface area contributed by atoms with Crippen LogP contribution < -0.4 is 4.90 Å². The van der Waals surface area contributed by atoms with Crippen LogP contribution >= 0.6 is 0 Å². The second-order valence-corrected chi connectivity index (χ2v) is 6.47. The van der Waals surface area contributed by atoms with Gasteiger partial charge in [-0.05, 0) is 43.2 Å². The van der Waals surface area contributed by atoms with E-state index in [0.717, 1.165) is 24.2 Å². The Morgan fingerprint density at radius 3 is 2.57 bits per heavy atom. The van der Waals surface area contributed by atoms with Gasteiger partial charge in [0.2, 0.25) is 5.91 Å². The van der Waals surface area contributed by atoms with Gasteiger partial charge in [-0.1, -0.05) is 24.3 Å². The van der Waals surface area contributed by atoms with Crippen molar-refractivity contribution >= 4 is 29.3 Å². The van der Waals surface area contributed by atoms with E-state index >= 15 is 0 Å². The van der Waals surface area contributed by atoms with Crippen molar-refractivity contribution in [2.75, 3.05) is 11.4 Å². The number of carbonyl (C=O) groups excluding carboxylic acids is 2. The molecule has 1 aliphatic rings. The van der Waals surface area contributed by atoms with E-state index in [9.17, 15) is 19.7 Å². The maximum atomic E-state index is 12.1. The smallest absolute Gasteiger partial charge is 0.331 e. The van der Waals surface area contributed by atoms with Gasteiger partial charge in [0.05, 0.1) is 10.5 Å². The molecule has 1 aliphatic heterocycles. The van der Waals surface area contributed by atoms with Gasteiger partial charge in [-0.25, -0.2) is 4.79 Å². The molecule has 1 unspecified atom stereocenters. The fourth-order valence-corrected chi connectivity index (χ4v) is 3.13. The summed E-state index contributed by atoms with van der Waals surface area (Å²) < 4.78 is 5.28. The molecule has 2 aromatic carbocycles. The van der Waals surface area contributed by atoms with Crippen LogP contribution in [0.2, 0.25) is 0 Å². The van der Waals surface area contributed by atoms with Crippen LogP contribution in [-0.4, -0.2) is 23.3 Å². The van der Waals surface area contributed by atoms with Gasteiger partial charge in [0.15, 0.2) is 0 Å². The standard InChI is InChI=1S/C21H20N2O5/c1-15(18-5-2-3-6-19(18)23(26)27)28-21(25)13-10-16-8-11-17(12-9-16)22-14-4-7-20(22)24/h2-3,5-6,8-13,15H,4,7,14H2,1H3/b13-10+. The van der Waals surface area contributed by atoms with Crippen LogP contribution in [0.1, 0.15) is 37.0 Å². The number of esters is 1. The Kier molecular flexibility index (Phi) is 5.84. The lowest BCUT2D eigenvalue weighted by Gasteiger charge is -2.15. The van der Waals surface area contributed by atoms with Crippen LogP contribution in [-0.2, 0) is 14.3 Å². The van der Waals surface area contributed by atoms with E-state index in [2.05, 4.69) is 0 Å². The van der Waals surface area contributed by atoms with Crippen molar-refractivity contribution < 1.29 is 19.2 Å². The number of hydrogen-bond acceptors (Lipinski definition) is 5. The quantitative estimate of drug-likeness (QED) is 0.326. The monoisotopic (exact) mass is 380 g/mol. The molecule has 144 valence electrons. The zero-order valence-electron chi connectivity index (χ0n) is 15.4. The summed E-state index contributed by atoms with van der Waals surface area (Å²) in [6.45, 7) is 2.32. The summed E-state index contributed by atoms with van der Waals surface area (Å²) in [5, 5.41) is 11.1. The topological polar surface area (TPSA) is 89.8 Å². The average Bonchev–Trinajstić information content (AvgIpc) is 3.12. The molecule has 0 aliphatic carbocycles. The third-order valence-corrected chi connectivity index (χ3v) is 4.55. The molecule has 28 heavy (non-hydrogen) atoms. The van der Waals surface area contributed by atoms with Crippen LogP contribution in [0.4, 0.5) is 11.4 Å². The number of benzene rings is 2. The van der Waals surface area contributed by atoms with Crippen LogP contribution in [0.25, 0.3) is 6.08 Å². The van der Waals surface area contributed by atoms with Crippen LogP contribution in [0, 0.1) is 10.1 Å². The number of nitro groups is 1. The lowest BCUT2D eigenvalue weighted by atomic mass is 10.1. The van der Waals surface area contributed by atoms with Crippen molar-refractivity contribution in [1.29, 1.82) is 0 Å². The molecular weight excluding hydrogens is 360 g/mol. The molecule has 0 spiro atoms. The van der Waals surface area contributed by atoms with Crippen molar-refractivity contribution in [3.8, 4) is 0 Å². The van der Waals surface area contributed by atoms with Crippen LogP contribution in [0.15, 0.2) is 54.6 Å². The zero-order valence-corrected chi connectivity index (χ0v) is 15.4. The van der Waals surface area contributed by atoms with Gasteiger partial charge in [0.25, 0.3) is 5.69 Å². The van der Waals surface area contributed by atoms with E-state index in [1.54, 1.807) is 36.1 Å². The van der Waals surface area contributed by atoms with Gasteiger partial charge in [-0.15, -0.1) is 0 Å². The number of para-hydroxylation sites is 1. The first-order valence-electron chi connectivity index (χ1n) is 8.98. The highest BCUT2D eigenvalue weighted by Crippen LogP contribution is 2.27. The molecule has 1 fully saturated rings. The van der Waals surface area contributed by atoms with E-state index < -0.39 is 17.0 Å². The maximum absolute atomic E-state index is 12.1. The summed E-state index contributed by atoms with van der Waals surface area (Å²) in [5.41, 5.74) is 1.88. The number of nitrogens with zero attached hydrogens (tertiary/aromatic N) is 2. The predicted molar refractivity (Wildman–Crippen MR) is 105 cm³/mol. The first-order chi connectivity index (χ1) is 13.5. The van der Waals surface area contributed by atoms with Crippen molar-refractivity contribution in [1.82, 2.24) is 0 Å². The zero-order chi connectivity index (χ0) is 20.1. The summed E-state index contributed by atoms with van der Waals surface area (Å²) in [7, 11) is 0. The third kappa shape index (κ3) is 4.43. The van der Waals surface area contributed by atoms with Gasteiger partial charge in [0, 0.05) is 30.8 Å². The fraction of sp³-hybridized carbons (Fsp3) is 0.238. The highest BCUT2D eigenvalue weighted by molar-refractivity contribution is 5.95. The van der Waals surface area contributed by atoms with Gasteiger partial charge in [0.1, 0.15) is 6.10 Å². The van der Waals surface area contributed by atoms with E-state index in [0.29, 0.717) is 12.0 Å². The summed E-state index contributed by atoms with van der Waals surface area (Å²) in [4.78, 5) is 36.2. The van der Waals surface area contributed by atoms with Crippen molar-refractivity contribution in [3.05, 3.63) is 75.8 Å². The molecule has 0 aromatic heterocycles. The second-order valence-electron chi connectivity index (χ2n) is 6.47. The maximum Gasteiger partial charge on any atom is 0.331 e. The molecule has 1 atom stereocenters. The molecule has 7 heteroatoms. The predicted octanol–water partition coefficient (Wildman–Crippen LogP) is 4.04. The minimum absolute atomic E-state index is 0.0844. The molecule has 0 N–H and O–H groups in total. The van der Waals surface area contributed by atoms with E-state index in [-0.39, 0.29) is 11.6 Å². The number of ether oxygens (including phenoxy) is 1. The Bertz CT molecular complexity index is 921. The van der Waals surface area contributed by atoms with Crippen molar-refractivity contribution in [3.63, 3.8) is 0 Å². The van der Waals surface area contributed by atoms with Gasteiger partial charge < -0.3 is 9.64 Å². The summed E-state index contributed by atoms with van der Waals surface area (Å²) >= 11 is 0. The van der Waals surface area contributed by atoms with Crippen molar-refractivity contribution in [2.24, 2.45) is 0 Å². The van der Waals surface area contributed by atoms with Gasteiger partial charge >= 0.3 is 5.97 Å². The fourth-order valence-electron chi connectivity index (χ4n) is 3.13. The Morgan fingerprint density at radius 1 is 1.21 bits per heavy atom. The highest BCUT2D eigenvalue weighted by Gasteiger charge is 2.22. The molecule has 1 amide bonds. The molecule has 2 aromatic rings. The molecular formula is C21H20N2O5. The second kappa shape index (κ2) is 8.47. The lowest BCUT2D eigenvalue weighted by Crippen LogP contribution is -2.23. The molecule has 1 heterocycles. The van der Waals surface area contributed by atoms with Gasteiger partial charge in [-0.2, -0.15) is 0 Å². The molecule has 3 rings (SSSR count). The van der Waals surface area contributed by atoms with E-state index in [1.165, 1.54) is 12.1 Å². The average molecular weight is 380 g/mol. The number of nitro benzene ring substituents is 1. The van der Waals surface area contributed by atoms with Crippen LogP contribution in [0.3, 0.4) is 0 Å². The molecule has 1 saturated heterocycles. The number of amides is 1. The lowest BCUT2D eigenvalue weighted by molar-refractivity contribution is -0.386. The highest BCUT2D eigenvalue weighted by atomic mass is 16.6. The van der Waals surface area contributed by atoms with Crippen molar-refractivity contribution in [2.45, 2.75) is 25.9 Å². The third-order valence-electron chi connectivity index (χ3n) is 4.55. The minimum atomic E-state index is -0.748. The largest absolute Gasteiger partial charge is 0.454 e. The summed E-state index contributed by atoms with van der Waals surface area (Å²) in [6.07, 6.45) is 3.57. The van der Waals surface area contributed by atoms with E-state index in [1.807, 2.05) is 24.3 Å². The number of rotatable bonds is 6. The molecule has 0 radical (unpaired) electrons. The Hall–Kier alpha value is -3.48. The van der Waals surface area contributed by atoms with E-state index in [4.69, 9.17) is 4.74 Å². The molecule has 7 nitrogen and oxygen atoms in total. The number of anilines is 1. The Morgan fingerprint density at radius 2 is 1.93 bits per heavy atom.